The van der Waals surface area contributed by atoms with Crippen LogP contribution in [0, 0.1) is 0 Å². The Morgan fingerprint density at radius 1 is 1.12 bits per heavy atom. The normalized spacial score (nSPS) is 17.0. The lowest BCUT2D eigenvalue weighted by molar-refractivity contribution is 0.0243. The Kier molecular flexibility index (Phi) is 7.35. The van der Waals surface area contributed by atoms with Crippen molar-refractivity contribution >= 4 is 12.1 Å². The van der Waals surface area contributed by atoms with E-state index in [0.717, 1.165) is 33.4 Å². The number of aromatic nitrogens is 6. The van der Waals surface area contributed by atoms with Crippen molar-refractivity contribution in [1.29, 1.82) is 0 Å². The molecule has 40 heavy (non-hydrogen) atoms. The number of tetrazole rings is 1. The summed E-state index contributed by atoms with van der Waals surface area (Å²) >= 11 is 0. The second-order valence-electron chi connectivity index (χ2n) is 10.1. The Morgan fingerprint density at radius 2 is 1.90 bits per heavy atom. The number of rotatable bonds is 9. The molecule has 208 valence electrons. The van der Waals surface area contributed by atoms with Gasteiger partial charge in [-0.3, -0.25) is 0 Å². The third kappa shape index (κ3) is 5.43. The van der Waals surface area contributed by atoms with Gasteiger partial charge in [-0.1, -0.05) is 43.3 Å². The fraction of sp³-hybridized carbons (Fsp3) is 0.357. The van der Waals surface area contributed by atoms with Crippen molar-refractivity contribution in [2.75, 3.05) is 6.61 Å². The Balaban J connectivity index is 1.43. The Labute approximate surface area is 230 Å². The van der Waals surface area contributed by atoms with Gasteiger partial charge in [0.15, 0.2) is 6.10 Å². The van der Waals surface area contributed by atoms with Gasteiger partial charge in [0.25, 0.3) is 0 Å². The molecule has 2 aromatic carbocycles. The molecule has 0 saturated carbocycles. The zero-order chi connectivity index (χ0) is 28.4. The quantitative estimate of drug-likeness (QED) is 0.263. The molecular formula is C28H30N6O6. The van der Waals surface area contributed by atoms with Crippen LogP contribution in [0.2, 0.25) is 0 Å². The number of imidazole rings is 1. The number of carbonyl (C=O) groups excluding carboxylic acids is 2. The first-order chi connectivity index (χ1) is 19.2. The van der Waals surface area contributed by atoms with Gasteiger partial charge in [0.05, 0.1) is 11.8 Å². The summed E-state index contributed by atoms with van der Waals surface area (Å²) in [5, 5.41) is 25.8. The number of aromatic amines is 2. The van der Waals surface area contributed by atoms with E-state index in [0.29, 0.717) is 24.5 Å². The van der Waals surface area contributed by atoms with Crippen molar-refractivity contribution in [2.45, 2.75) is 58.3 Å². The number of ether oxygens (including phenoxy) is 3. The number of hydrogen-bond donors (Lipinski definition) is 3. The van der Waals surface area contributed by atoms with Crippen LogP contribution in [0.5, 0.6) is 0 Å². The first-order valence-electron chi connectivity index (χ1n) is 12.9. The van der Waals surface area contributed by atoms with E-state index in [2.05, 4.69) is 30.6 Å². The van der Waals surface area contributed by atoms with Crippen molar-refractivity contribution in [1.82, 2.24) is 30.6 Å². The summed E-state index contributed by atoms with van der Waals surface area (Å²) in [7, 11) is 0. The predicted octanol–water partition coefficient (Wildman–Crippen LogP) is 3.72. The van der Waals surface area contributed by atoms with Crippen LogP contribution in [0.4, 0.5) is 4.79 Å². The van der Waals surface area contributed by atoms with E-state index in [1.54, 1.807) is 20.8 Å². The van der Waals surface area contributed by atoms with Crippen LogP contribution in [0.25, 0.3) is 22.5 Å². The molecule has 0 bridgehead atoms. The maximum absolute atomic E-state index is 12.6. The van der Waals surface area contributed by atoms with E-state index in [9.17, 15) is 14.7 Å². The third-order valence-electron chi connectivity index (χ3n) is 6.81. The van der Waals surface area contributed by atoms with Gasteiger partial charge in [0.1, 0.15) is 24.2 Å². The van der Waals surface area contributed by atoms with E-state index in [4.69, 9.17) is 14.2 Å². The number of benzene rings is 2. The molecule has 2 atom stereocenters. The molecule has 3 N–H and O–H groups in total. The number of esters is 1. The molecule has 1 aliphatic heterocycles. The molecular weight excluding hydrogens is 516 g/mol. The number of carbonyl (C=O) groups is 2. The minimum atomic E-state index is -1.16. The standard InChI is InChI=1S/C28H30N6O6/c1-5-17-19(18-8-6-7-9-20(18)25-31-33-34-32-25)11-10-16(24(17)28(3,4)37)12-23-29-13-21(30-23)26(35)38-14-22-15(2)39-27(36)40-22/h6-11,13,15,22,37H,5,12,14H2,1-4H3,(H,29,30)(H,31,32,33,34). The highest BCUT2D eigenvalue weighted by molar-refractivity contribution is 5.87. The van der Waals surface area contributed by atoms with Crippen molar-refractivity contribution < 1.29 is 28.9 Å². The molecule has 12 heteroatoms. The monoisotopic (exact) mass is 546 g/mol. The van der Waals surface area contributed by atoms with E-state index in [1.807, 2.05) is 43.3 Å². The van der Waals surface area contributed by atoms with Crippen LogP contribution in [-0.4, -0.2) is 66.6 Å². The molecule has 4 aromatic rings. The van der Waals surface area contributed by atoms with Crippen LogP contribution < -0.4 is 0 Å². The average Bonchev–Trinajstić information content (AvgIpc) is 3.68. The molecule has 5 rings (SSSR count). The minimum Gasteiger partial charge on any atom is -0.457 e. The number of nitrogens with zero attached hydrogens (tertiary/aromatic N) is 4. The molecule has 12 nitrogen and oxygen atoms in total. The number of hydrogen-bond acceptors (Lipinski definition) is 10. The summed E-state index contributed by atoms with van der Waals surface area (Å²) in [6.07, 6.45) is 0.454. The van der Waals surface area contributed by atoms with Crippen LogP contribution in [0.3, 0.4) is 0 Å². The van der Waals surface area contributed by atoms with Gasteiger partial charge in [0, 0.05) is 12.0 Å². The fourth-order valence-corrected chi connectivity index (χ4v) is 5.03. The molecule has 0 aliphatic carbocycles. The van der Waals surface area contributed by atoms with Gasteiger partial charge in [-0.05, 0) is 60.2 Å². The van der Waals surface area contributed by atoms with Crippen LogP contribution in [0.1, 0.15) is 60.7 Å². The van der Waals surface area contributed by atoms with E-state index in [-0.39, 0.29) is 12.3 Å². The fourth-order valence-electron chi connectivity index (χ4n) is 5.03. The van der Waals surface area contributed by atoms with E-state index in [1.165, 1.54) is 6.20 Å². The molecule has 0 amide bonds. The highest BCUT2D eigenvalue weighted by atomic mass is 16.8. The predicted molar refractivity (Wildman–Crippen MR) is 142 cm³/mol. The highest BCUT2D eigenvalue weighted by Gasteiger charge is 2.34. The van der Waals surface area contributed by atoms with Gasteiger partial charge >= 0.3 is 12.1 Å². The lowest BCUT2D eigenvalue weighted by Gasteiger charge is -2.27. The smallest absolute Gasteiger partial charge is 0.457 e. The Hall–Kier alpha value is -4.58. The zero-order valence-corrected chi connectivity index (χ0v) is 22.6. The number of cyclic esters (lactones) is 2. The second kappa shape index (κ2) is 10.9. The lowest BCUT2D eigenvalue weighted by Crippen LogP contribution is -2.26. The molecule has 1 fully saturated rings. The maximum Gasteiger partial charge on any atom is 0.509 e. The van der Waals surface area contributed by atoms with Gasteiger partial charge in [0.2, 0.25) is 5.82 Å². The Bertz CT molecular complexity index is 1520. The summed E-state index contributed by atoms with van der Waals surface area (Å²) in [4.78, 5) is 31.2. The van der Waals surface area contributed by atoms with E-state index < -0.39 is 29.9 Å². The SMILES string of the molecule is CCc1c(-c2ccccc2-c2nn[nH]n2)ccc(Cc2ncc(C(=O)OCC3OC(=O)OC3C)[nH]2)c1C(C)(C)O. The van der Waals surface area contributed by atoms with Gasteiger partial charge in [-0.2, -0.15) is 5.21 Å². The summed E-state index contributed by atoms with van der Waals surface area (Å²) in [6.45, 7) is 7.09. The topological polar surface area (TPSA) is 165 Å². The summed E-state index contributed by atoms with van der Waals surface area (Å²) < 4.78 is 15.2. The molecule has 0 radical (unpaired) electrons. The second-order valence-corrected chi connectivity index (χ2v) is 10.1. The van der Waals surface area contributed by atoms with E-state index >= 15 is 0 Å². The molecule has 3 heterocycles. The zero-order valence-electron chi connectivity index (χ0n) is 22.6. The largest absolute Gasteiger partial charge is 0.509 e. The Morgan fingerprint density at radius 3 is 2.55 bits per heavy atom. The third-order valence-corrected chi connectivity index (χ3v) is 6.81. The van der Waals surface area contributed by atoms with Crippen LogP contribution in [0.15, 0.2) is 42.6 Å². The summed E-state index contributed by atoms with van der Waals surface area (Å²) in [5.41, 5.74) is 4.34. The number of H-pyrrole nitrogens is 2. The van der Waals surface area contributed by atoms with Gasteiger partial charge in [-0.15, -0.1) is 10.2 Å². The number of nitrogens with one attached hydrogen (secondary N) is 2. The average molecular weight is 547 g/mol. The molecule has 1 saturated heterocycles. The van der Waals surface area contributed by atoms with Crippen LogP contribution in [-0.2, 0) is 32.7 Å². The van der Waals surface area contributed by atoms with Gasteiger partial charge in [-0.25, -0.2) is 14.6 Å². The van der Waals surface area contributed by atoms with Crippen LogP contribution >= 0.6 is 0 Å². The lowest BCUT2D eigenvalue weighted by atomic mass is 9.81. The number of aliphatic hydroxyl groups is 1. The summed E-state index contributed by atoms with van der Waals surface area (Å²) in [6, 6.07) is 11.8. The minimum absolute atomic E-state index is 0.129. The molecule has 1 aliphatic rings. The van der Waals surface area contributed by atoms with Crippen molar-refractivity contribution in [2.24, 2.45) is 0 Å². The van der Waals surface area contributed by atoms with Gasteiger partial charge < -0.3 is 24.3 Å². The highest BCUT2D eigenvalue weighted by Crippen LogP contribution is 2.39. The van der Waals surface area contributed by atoms with Crippen molar-refractivity contribution in [3.8, 4) is 22.5 Å². The van der Waals surface area contributed by atoms with Crippen molar-refractivity contribution in [3.05, 3.63) is 70.8 Å². The maximum atomic E-state index is 12.6. The first-order valence-corrected chi connectivity index (χ1v) is 12.9. The molecule has 2 aromatic heterocycles. The molecule has 0 spiro atoms. The molecule has 2 unspecified atom stereocenters. The van der Waals surface area contributed by atoms with Crippen molar-refractivity contribution in [3.63, 3.8) is 0 Å². The first kappa shape index (κ1) is 27.0. The summed E-state index contributed by atoms with van der Waals surface area (Å²) in [5.74, 6) is 0.386.